The highest BCUT2D eigenvalue weighted by Crippen LogP contribution is 2.31. The maximum atomic E-state index is 14.1. The summed E-state index contributed by atoms with van der Waals surface area (Å²) in [5, 5.41) is 16.6. The summed E-state index contributed by atoms with van der Waals surface area (Å²) >= 11 is 0. The second-order valence-corrected chi connectivity index (χ2v) is 11.0. The highest BCUT2D eigenvalue weighted by Gasteiger charge is 2.32. The van der Waals surface area contributed by atoms with Crippen LogP contribution in [0.15, 0.2) is 36.4 Å². The Morgan fingerprint density at radius 1 is 0.953 bits per heavy atom. The second-order valence-electron chi connectivity index (χ2n) is 11.0. The number of halogens is 4. The van der Waals surface area contributed by atoms with Crippen molar-refractivity contribution in [2.75, 3.05) is 26.2 Å². The summed E-state index contributed by atoms with van der Waals surface area (Å²) in [5.41, 5.74) is 4.07. The van der Waals surface area contributed by atoms with Gasteiger partial charge in [-0.3, -0.25) is 14.4 Å². The summed E-state index contributed by atoms with van der Waals surface area (Å²) < 4.78 is 54.2. The smallest absolute Gasteiger partial charge is 0.390 e. The number of nitrogens with one attached hydrogen (secondary N) is 2. The van der Waals surface area contributed by atoms with E-state index in [-0.39, 0.29) is 35.2 Å². The molecule has 0 radical (unpaired) electrons. The fourth-order valence-electron chi connectivity index (χ4n) is 4.57. The SMILES string of the molecule is CCCN(CCC)C(=O)c1cc(C(N)=O)cc(C(=O)N[C@@H](Cc2cc(F)cc(C(F)(F)F)c2)[C@H](O)CNCCC(C)C)c1. The molecule has 0 aromatic heterocycles. The normalized spacial score (nSPS) is 13.1. The van der Waals surface area contributed by atoms with Crippen molar-refractivity contribution in [3.05, 3.63) is 70.0 Å². The van der Waals surface area contributed by atoms with Crippen LogP contribution in [-0.2, 0) is 12.6 Å². The van der Waals surface area contributed by atoms with Crippen LogP contribution in [0.1, 0.15) is 89.2 Å². The van der Waals surface area contributed by atoms with Crippen LogP contribution in [0.5, 0.6) is 0 Å². The highest BCUT2D eigenvalue weighted by atomic mass is 19.4. The van der Waals surface area contributed by atoms with Crippen LogP contribution in [0.25, 0.3) is 0 Å². The molecule has 0 fully saturated rings. The fourth-order valence-corrected chi connectivity index (χ4v) is 4.57. The van der Waals surface area contributed by atoms with Crippen LogP contribution in [0.4, 0.5) is 17.6 Å². The monoisotopic (exact) mass is 610 g/mol. The van der Waals surface area contributed by atoms with E-state index in [1.165, 1.54) is 18.2 Å². The second kappa shape index (κ2) is 16.4. The molecule has 0 unspecified atom stereocenters. The zero-order chi connectivity index (χ0) is 32.3. The average molecular weight is 611 g/mol. The largest absolute Gasteiger partial charge is 0.416 e. The molecule has 5 N–H and O–H groups in total. The Labute approximate surface area is 250 Å². The lowest BCUT2D eigenvalue weighted by molar-refractivity contribution is -0.137. The van der Waals surface area contributed by atoms with E-state index in [0.29, 0.717) is 44.5 Å². The first-order chi connectivity index (χ1) is 20.2. The molecule has 0 heterocycles. The number of primary amides is 1. The Kier molecular flexibility index (Phi) is 13.6. The van der Waals surface area contributed by atoms with Gasteiger partial charge in [0.05, 0.1) is 17.7 Å². The lowest BCUT2D eigenvalue weighted by Gasteiger charge is -2.26. The van der Waals surface area contributed by atoms with E-state index >= 15 is 0 Å². The van der Waals surface area contributed by atoms with E-state index < -0.39 is 47.4 Å². The molecule has 0 spiro atoms. The van der Waals surface area contributed by atoms with Gasteiger partial charge in [-0.25, -0.2) is 4.39 Å². The number of hydrogen-bond donors (Lipinski definition) is 4. The van der Waals surface area contributed by atoms with Crippen molar-refractivity contribution >= 4 is 17.7 Å². The van der Waals surface area contributed by atoms with Gasteiger partial charge in [0, 0.05) is 36.3 Å². The molecular weight excluding hydrogens is 568 g/mol. The molecule has 43 heavy (non-hydrogen) atoms. The molecule has 0 aliphatic carbocycles. The van der Waals surface area contributed by atoms with Crippen molar-refractivity contribution in [2.24, 2.45) is 11.7 Å². The molecule has 2 rings (SSSR count). The van der Waals surface area contributed by atoms with Gasteiger partial charge in [-0.15, -0.1) is 0 Å². The van der Waals surface area contributed by atoms with E-state index in [1.807, 2.05) is 27.7 Å². The number of alkyl halides is 3. The van der Waals surface area contributed by atoms with Gasteiger partial charge in [0.1, 0.15) is 5.82 Å². The Balaban J connectivity index is 2.44. The third-order valence-corrected chi connectivity index (χ3v) is 6.77. The maximum absolute atomic E-state index is 14.1. The first kappa shape index (κ1) is 35.7. The highest BCUT2D eigenvalue weighted by molar-refractivity contribution is 6.04. The first-order valence-electron chi connectivity index (χ1n) is 14.5. The number of nitrogens with zero attached hydrogens (tertiary/aromatic N) is 1. The van der Waals surface area contributed by atoms with E-state index in [2.05, 4.69) is 10.6 Å². The minimum Gasteiger partial charge on any atom is -0.390 e. The van der Waals surface area contributed by atoms with E-state index in [4.69, 9.17) is 5.73 Å². The summed E-state index contributed by atoms with van der Waals surface area (Å²) in [6, 6.07) is 4.69. The van der Waals surface area contributed by atoms with Gasteiger partial charge in [-0.05, 0) is 80.1 Å². The van der Waals surface area contributed by atoms with Crippen LogP contribution in [-0.4, -0.2) is 66.1 Å². The lowest BCUT2D eigenvalue weighted by atomic mass is 9.97. The van der Waals surface area contributed by atoms with Crippen LogP contribution < -0.4 is 16.4 Å². The molecule has 3 amide bonds. The summed E-state index contributed by atoms with van der Waals surface area (Å²) in [6.07, 6.45) is -4.23. The maximum Gasteiger partial charge on any atom is 0.416 e. The molecule has 0 saturated carbocycles. The molecule has 2 atom stereocenters. The zero-order valence-electron chi connectivity index (χ0n) is 25.1. The average Bonchev–Trinajstić information content (AvgIpc) is 2.93. The van der Waals surface area contributed by atoms with Crippen LogP contribution in [0.2, 0.25) is 0 Å². The molecular formula is C31H42F4N4O4. The molecule has 0 aliphatic heterocycles. The molecule has 2 aromatic carbocycles. The van der Waals surface area contributed by atoms with Crippen molar-refractivity contribution < 1.29 is 37.1 Å². The van der Waals surface area contributed by atoms with E-state index in [9.17, 15) is 37.1 Å². The third-order valence-electron chi connectivity index (χ3n) is 6.77. The van der Waals surface area contributed by atoms with Gasteiger partial charge in [-0.2, -0.15) is 13.2 Å². The van der Waals surface area contributed by atoms with E-state index in [1.54, 1.807) is 4.90 Å². The standard InChI is InChI=1S/C31H42F4N4O4/c1-5-9-39(10-6-2)30(43)23-15-21(28(36)41)14-22(16-23)29(42)38-26(27(40)18-37-8-7-19(3)4)13-20-11-24(31(33,34)35)17-25(32)12-20/h11-12,14-17,19,26-27,37,40H,5-10,13,18H2,1-4H3,(H2,36,41)(H,38,42)/t26-,27+/m0/s1. The Bertz CT molecular complexity index is 1250. The van der Waals surface area contributed by atoms with Crippen LogP contribution in [0, 0.1) is 11.7 Å². The molecule has 2 aromatic rings. The van der Waals surface area contributed by atoms with Gasteiger partial charge in [-0.1, -0.05) is 27.7 Å². The first-order valence-corrected chi connectivity index (χ1v) is 14.5. The number of carbonyl (C=O) groups is 3. The summed E-state index contributed by atoms with van der Waals surface area (Å²) in [4.78, 5) is 40.4. The van der Waals surface area contributed by atoms with Gasteiger partial charge < -0.3 is 26.4 Å². The number of carbonyl (C=O) groups excluding carboxylic acids is 3. The summed E-state index contributed by atoms with van der Waals surface area (Å²) in [7, 11) is 0. The van der Waals surface area contributed by atoms with Gasteiger partial charge in [0.25, 0.3) is 11.8 Å². The molecule has 0 aliphatic rings. The topological polar surface area (TPSA) is 125 Å². The number of rotatable bonds is 16. The number of benzene rings is 2. The molecule has 8 nitrogen and oxygen atoms in total. The van der Waals surface area contributed by atoms with Gasteiger partial charge in [0.2, 0.25) is 5.91 Å². The summed E-state index contributed by atoms with van der Waals surface area (Å²) in [6.45, 7) is 9.32. The Morgan fingerprint density at radius 2 is 1.56 bits per heavy atom. The predicted molar refractivity (Wildman–Crippen MR) is 156 cm³/mol. The molecule has 238 valence electrons. The van der Waals surface area contributed by atoms with Crippen molar-refractivity contribution in [1.29, 1.82) is 0 Å². The van der Waals surface area contributed by atoms with E-state index in [0.717, 1.165) is 18.6 Å². The van der Waals surface area contributed by atoms with Crippen LogP contribution >= 0.6 is 0 Å². The third kappa shape index (κ3) is 11.3. The van der Waals surface area contributed by atoms with Crippen molar-refractivity contribution in [3.63, 3.8) is 0 Å². The van der Waals surface area contributed by atoms with Crippen molar-refractivity contribution in [1.82, 2.24) is 15.5 Å². The summed E-state index contributed by atoms with van der Waals surface area (Å²) in [5.74, 6) is -2.79. The Hall–Kier alpha value is -3.51. The number of nitrogens with two attached hydrogens (primary N) is 1. The number of hydrogen-bond acceptors (Lipinski definition) is 5. The quantitative estimate of drug-likeness (QED) is 0.164. The fraction of sp³-hybridized carbons (Fsp3) is 0.516. The number of aliphatic hydroxyl groups excluding tert-OH is 1. The Morgan fingerprint density at radius 3 is 2.12 bits per heavy atom. The van der Waals surface area contributed by atoms with Crippen molar-refractivity contribution in [3.8, 4) is 0 Å². The minimum atomic E-state index is -4.80. The molecule has 0 saturated heterocycles. The zero-order valence-corrected chi connectivity index (χ0v) is 25.1. The van der Waals surface area contributed by atoms with Crippen molar-refractivity contribution in [2.45, 2.75) is 71.7 Å². The number of amides is 3. The molecule has 0 bridgehead atoms. The lowest BCUT2D eigenvalue weighted by Crippen LogP contribution is -2.49. The molecule has 12 heteroatoms. The van der Waals surface area contributed by atoms with Crippen LogP contribution in [0.3, 0.4) is 0 Å². The van der Waals surface area contributed by atoms with Gasteiger partial charge >= 0.3 is 6.18 Å². The van der Waals surface area contributed by atoms with Gasteiger partial charge in [0.15, 0.2) is 0 Å². The number of aliphatic hydroxyl groups is 1. The minimum absolute atomic E-state index is 0.00678. The predicted octanol–water partition coefficient (Wildman–Crippen LogP) is 4.54.